The molecule has 1 aromatic rings. The van der Waals surface area contributed by atoms with Crippen LogP contribution in [0.5, 0.6) is 0 Å². The number of carboxylic acids is 1. The second-order valence-electron chi connectivity index (χ2n) is 6.46. The quantitative estimate of drug-likeness (QED) is 0.453. The highest BCUT2D eigenvalue weighted by molar-refractivity contribution is 5.69. The molecule has 7 heteroatoms. The number of hydrogen-bond donors (Lipinski definition) is 2. The number of amides is 1. The lowest BCUT2D eigenvalue weighted by molar-refractivity contribution is -0.142. The first-order valence-corrected chi connectivity index (χ1v) is 9.19. The number of unbranched alkanes of at least 4 members (excludes halogenated alkanes) is 1. The summed E-state index contributed by atoms with van der Waals surface area (Å²) >= 11 is 0. The van der Waals surface area contributed by atoms with Crippen LogP contribution in [-0.2, 0) is 20.7 Å². The van der Waals surface area contributed by atoms with Crippen LogP contribution in [-0.4, -0.2) is 65.7 Å². The van der Waals surface area contributed by atoms with E-state index in [0.29, 0.717) is 45.4 Å². The van der Waals surface area contributed by atoms with Crippen molar-refractivity contribution < 1.29 is 29.3 Å². The molecule has 1 heterocycles. The molecule has 0 bridgehead atoms. The number of aliphatic carboxylic acids is 1. The largest absolute Gasteiger partial charge is 0.480 e. The van der Waals surface area contributed by atoms with Gasteiger partial charge in [-0.15, -0.1) is 0 Å². The van der Waals surface area contributed by atoms with Gasteiger partial charge in [-0.3, -0.25) is 0 Å². The summed E-state index contributed by atoms with van der Waals surface area (Å²) in [5.74, 6) is -0.992. The van der Waals surface area contributed by atoms with E-state index in [1.165, 1.54) is 0 Å². The lowest BCUT2D eigenvalue weighted by Gasteiger charge is -2.33. The van der Waals surface area contributed by atoms with Gasteiger partial charge in [0, 0.05) is 26.0 Å². The number of hydrogen-bond acceptors (Lipinski definition) is 5. The number of carbonyl (C=O) groups excluding carboxylic acids is 1. The van der Waals surface area contributed by atoms with E-state index in [-0.39, 0.29) is 18.7 Å². The van der Waals surface area contributed by atoms with Crippen molar-refractivity contribution in [3.05, 3.63) is 48.0 Å². The Balaban J connectivity index is 1.79. The Bertz CT molecular complexity index is 618. The third kappa shape index (κ3) is 7.80. The molecule has 0 radical (unpaired) electrons. The number of aliphatic hydroxyl groups is 1. The summed E-state index contributed by atoms with van der Waals surface area (Å²) in [6, 6.07) is 9.62. The third-order valence-corrected chi connectivity index (χ3v) is 4.28. The fourth-order valence-corrected chi connectivity index (χ4v) is 2.92. The maximum Gasteiger partial charge on any atom is 0.410 e. The molecule has 0 aliphatic carbocycles. The van der Waals surface area contributed by atoms with Gasteiger partial charge in [0.15, 0.2) is 0 Å². The van der Waals surface area contributed by atoms with Gasteiger partial charge in [-0.2, -0.15) is 0 Å². The minimum atomic E-state index is -0.992. The van der Waals surface area contributed by atoms with Crippen molar-refractivity contribution in [2.75, 3.05) is 26.4 Å². The number of rotatable bonds is 11. The Kier molecular flexibility index (Phi) is 8.80. The molecular weight excluding hydrogens is 350 g/mol. The third-order valence-electron chi connectivity index (χ3n) is 4.28. The molecular formula is C20H27NO6. The van der Waals surface area contributed by atoms with Gasteiger partial charge < -0.3 is 24.6 Å². The van der Waals surface area contributed by atoms with Gasteiger partial charge in [-0.1, -0.05) is 42.5 Å². The number of cyclic esters (lactones) is 1. The van der Waals surface area contributed by atoms with E-state index < -0.39 is 12.1 Å². The van der Waals surface area contributed by atoms with E-state index >= 15 is 0 Å². The molecule has 7 nitrogen and oxygen atoms in total. The molecule has 1 fully saturated rings. The smallest absolute Gasteiger partial charge is 0.410 e. The lowest BCUT2D eigenvalue weighted by atomic mass is 10.1. The highest BCUT2D eigenvalue weighted by Gasteiger charge is 2.27. The van der Waals surface area contributed by atoms with Crippen molar-refractivity contribution in [2.24, 2.45) is 0 Å². The SMILES string of the molecule is O=C(O)COCCCCN1C(=O)OCC[C@@H]1/C=C/C(O)Cc1ccccc1. The molecule has 1 amide bonds. The zero-order chi connectivity index (χ0) is 19.5. The van der Waals surface area contributed by atoms with Crippen molar-refractivity contribution in [1.29, 1.82) is 0 Å². The van der Waals surface area contributed by atoms with Gasteiger partial charge in [0.05, 0.1) is 18.8 Å². The molecule has 1 aliphatic heterocycles. The minimum Gasteiger partial charge on any atom is -0.480 e. The maximum atomic E-state index is 12.0. The second kappa shape index (κ2) is 11.4. The summed E-state index contributed by atoms with van der Waals surface area (Å²) in [5, 5.41) is 18.7. The Morgan fingerprint density at radius 3 is 2.85 bits per heavy atom. The van der Waals surface area contributed by atoms with Gasteiger partial charge in [-0.05, 0) is 18.4 Å². The molecule has 2 atom stereocenters. The van der Waals surface area contributed by atoms with Crippen LogP contribution in [0.4, 0.5) is 4.79 Å². The number of carboxylic acid groups (broad SMARTS) is 1. The average Bonchev–Trinajstić information content (AvgIpc) is 2.65. The summed E-state index contributed by atoms with van der Waals surface area (Å²) in [4.78, 5) is 24.1. The molecule has 1 aromatic carbocycles. The Hall–Kier alpha value is -2.38. The first-order valence-electron chi connectivity index (χ1n) is 9.19. The molecule has 2 N–H and O–H groups in total. The molecule has 0 spiro atoms. The van der Waals surface area contributed by atoms with Crippen LogP contribution >= 0.6 is 0 Å². The number of aliphatic hydroxyl groups excluding tert-OH is 1. The fraction of sp³-hybridized carbons (Fsp3) is 0.500. The normalized spacial score (nSPS) is 18.5. The summed E-state index contributed by atoms with van der Waals surface area (Å²) in [6.07, 6.45) is 5.17. The van der Waals surface area contributed by atoms with Crippen molar-refractivity contribution in [2.45, 2.75) is 37.8 Å². The Morgan fingerprint density at radius 2 is 2.11 bits per heavy atom. The highest BCUT2D eigenvalue weighted by atomic mass is 16.6. The zero-order valence-corrected chi connectivity index (χ0v) is 15.3. The van der Waals surface area contributed by atoms with Crippen LogP contribution < -0.4 is 0 Å². The molecule has 148 valence electrons. The fourth-order valence-electron chi connectivity index (χ4n) is 2.92. The van der Waals surface area contributed by atoms with Gasteiger partial charge in [0.25, 0.3) is 0 Å². The number of ether oxygens (including phenoxy) is 2. The Labute approximate surface area is 159 Å². The number of benzene rings is 1. The van der Waals surface area contributed by atoms with Crippen LogP contribution in [0.3, 0.4) is 0 Å². The van der Waals surface area contributed by atoms with Crippen molar-refractivity contribution in [3.63, 3.8) is 0 Å². The predicted octanol–water partition coefficient (Wildman–Crippen LogP) is 2.24. The topological polar surface area (TPSA) is 96.3 Å². The molecule has 1 saturated heterocycles. The molecule has 0 aromatic heterocycles. The predicted molar refractivity (Wildman–Crippen MR) is 99.4 cm³/mol. The molecule has 1 aliphatic rings. The van der Waals surface area contributed by atoms with Crippen LogP contribution in [0, 0.1) is 0 Å². The summed E-state index contributed by atoms with van der Waals surface area (Å²) in [5.41, 5.74) is 1.05. The van der Waals surface area contributed by atoms with E-state index in [4.69, 9.17) is 14.6 Å². The maximum absolute atomic E-state index is 12.0. The van der Waals surface area contributed by atoms with Gasteiger partial charge in [0.1, 0.15) is 6.61 Å². The van der Waals surface area contributed by atoms with Crippen LogP contribution in [0.25, 0.3) is 0 Å². The summed E-state index contributed by atoms with van der Waals surface area (Å²) in [6.45, 7) is 0.891. The molecule has 0 saturated carbocycles. The number of carbonyl (C=O) groups is 2. The standard InChI is InChI=1S/C20H27NO6/c22-18(14-16-6-2-1-3-7-16)9-8-17-10-13-27-20(25)21(17)11-4-5-12-26-15-19(23)24/h1-3,6-9,17-18,22H,4-5,10-15H2,(H,23,24)/b9-8+/t17-,18?/m0/s1. The lowest BCUT2D eigenvalue weighted by Crippen LogP contribution is -2.45. The summed E-state index contributed by atoms with van der Waals surface area (Å²) in [7, 11) is 0. The highest BCUT2D eigenvalue weighted by Crippen LogP contribution is 2.16. The van der Waals surface area contributed by atoms with Crippen LogP contribution in [0.2, 0.25) is 0 Å². The van der Waals surface area contributed by atoms with E-state index in [2.05, 4.69) is 0 Å². The van der Waals surface area contributed by atoms with Crippen molar-refractivity contribution in [3.8, 4) is 0 Å². The van der Waals surface area contributed by atoms with Crippen molar-refractivity contribution >= 4 is 12.1 Å². The van der Waals surface area contributed by atoms with Crippen molar-refractivity contribution in [1.82, 2.24) is 4.90 Å². The van der Waals surface area contributed by atoms with E-state index in [1.54, 1.807) is 11.0 Å². The van der Waals surface area contributed by atoms with Gasteiger partial charge >= 0.3 is 12.1 Å². The monoisotopic (exact) mass is 377 g/mol. The van der Waals surface area contributed by atoms with E-state index in [9.17, 15) is 14.7 Å². The second-order valence-corrected chi connectivity index (χ2v) is 6.46. The van der Waals surface area contributed by atoms with Gasteiger partial charge in [0.2, 0.25) is 0 Å². The molecule has 2 rings (SSSR count). The van der Waals surface area contributed by atoms with Gasteiger partial charge in [-0.25, -0.2) is 9.59 Å². The number of nitrogens with zero attached hydrogens (tertiary/aromatic N) is 1. The minimum absolute atomic E-state index is 0.114. The molecule has 27 heavy (non-hydrogen) atoms. The average molecular weight is 377 g/mol. The summed E-state index contributed by atoms with van der Waals surface area (Å²) < 4.78 is 10.1. The first-order chi connectivity index (χ1) is 13.1. The van der Waals surface area contributed by atoms with E-state index in [1.807, 2.05) is 36.4 Å². The Morgan fingerprint density at radius 1 is 1.33 bits per heavy atom. The first kappa shape index (κ1) is 20.9. The van der Waals surface area contributed by atoms with E-state index in [0.717, 1.165) is 5.56 Å². The zero-order valence-electron chi connectivity index (χ0n) is 15.3. The van der Waals surface area contributed by atoms with Crippen LogP contribution in [0.15, 0.2) is 42.5 Å². The molecule has 1 unspecified atom stereocenters. The van der Waals surface area contributed by atoms with Crippen LogP contribution in [0.1, 0.15) is 24.8 Å².